The zero-order valence-corrected chi connectivity index (χ0v) is 8.42. The molecule has 0 aliphatic heterocycles. The number of hydrogen-bond donors (Lipinski definition) is 1. The lowest BCUT2D eigenvalue weighted by Crippen LogP contribution is -2.19. The first-order valence-corrected chi connectivity index (χ1v) is 5.35. The molecule has 1 heteroatoms. The summed E-state index contributed by atoms with van der Waals surface area (Å²) in [6, 6.07) is 0. The first-order valence-electron chi connectivity index (χ1n) is 5.35. The largest absolute Gasteiger partial charge is 0.396 e. The van der Waals surface area contributed by atoms with Crippen LogP contribution in [0.3, 0.4) is 0 Å². The molecule has 0 saturated heterocycles. The molecule has 0 heterocycles. The maximum absolute atomic E-state index is 8.82. The molecule has 1 rings (SSSR count). The van der Waals surface area contributed by atoms with Crippen LogP contribution in [0.25, 0.3) is 0 Å². The SMILES string of the molecule is CC1CCC(C(C)CCO)CC1. The summed E-state index contributed by atoms with van der Waals surface area (Å²) in [6.45, 7) is 5.01. The molecule has 72 valence electrons. The van der Waals surface area contributed by atoms with Crippen LogP contribution in [0.4, 0.5) is 0 Å². The van der Waals surface area contributed by atoms with Crippen molar-refractivity contribution in [3.63, 3.8) is 0 Å². The van der Waals surface area contributed by atoms with Gasteiger partial charge in [0.1, 0.15) is 0 Å². The van der Waals surface area contributed by atoms with Gasteiger partial charge in [-0.15, -0.1) is 0 Å². The summed E-state index contributed by atoms with van der Waals surface area (Å²) in [5, 5.41) is 8.82. The van der Waals surface area contributed by atoms with Gasteiger partial charge in [0.15, 0.2) is 0 Å². The van der Waals surface area contributed by atoms with E-state index in [1.807, 2.05) is 0 Å². The zero-order valence-electron chi connectivity index (χ0n) is 8.42. The van der Waals surface area contributed by atoms with Gasteiger partial charge in [0.2, 0.25) is 0 Å². The highest BCUT2D eigenvalue weighted by molar-refractivity contribution is 4.73. The molecule has 1 aliphatic rings. The minimum Gasteiger partial charge on any atom is -0.396 e. The monoisotopic (exact) mass is 170 g/mol. The standard InChI is InChI=1S/C11H22O/c1-9-3-5-11(6-4-9)10(2)7-8-12/h9-12H,3-8H2,1-2H3. The van der Waals surface area contributed by atoms with Crippen molar-refractivity contribution < 1.29 is 5.11 Å². The van der Waals surface area contributed by atoms with Crippen LogP contribution in [-0.4, -0.2) is 11.7 Å². The van der Waals surface area contributed by atoms with E-state index in [-0.39, 0.29) is 0 Å². The van der Waals surface area contributed by atoms with E-state index in [2.05, 4.69) is 13.8 Å². The lowest BCUT2D eigenvalue weighted by atomic mass is 9.76. The van der Waals surface area contributed by atoms with E-state index in [1.165, 1.54) is 25.7 Å². The number of aliphatic hydroxyl groups is 1. The molecule has 1 saturated carbocycles. The molecule has 0 spiro atoms. The second-order valence-corrected chi connectivity index (χ2v) is 4.51. The molecule has 1 aliphatic carbocycles. The van der Waals surface area contributed by atoms with Crippen molar-refractivity contribution in [3.8, 4) is 0 Å². The van der Waals surface area contributed by atoms with E-state index < -0.39 is 0 Å². The van der Waals surface area contributed by atoms with Crippen molar-refractivity contribution >= 4 is 0 Å². The summed E-state index contributed by atoms with van der Waals surface area (Å²) in [5.74, 6) is 2.58. The van der Waals surface area contributed by atoms with E-state index in [9.17, 15) is 0 Å². The highest BCUT2D eigenvalue weighted by atomic mass is 16.3. The van der Waals surface area contributed by atoms with Crippen LogP contribution >= 0.6 is 0 Å². The number of rotatable bonds is 3. The number of hydrogen-bond acceptors (Lipinski definition) is 1. The molecule has 1 atom stereocenters. The highest BCUT2D eigenvalue weighted by Crippen LogP contribution is 2.34. The van der Waals surface area contributed by atoms with Crippen LogP contribution in [0.2, 0.25) is 0 Å². The third-order valence-corrected chi connectivity index (χ3v) is 3.45. The Morgan fingerprint density at radius 1 is 1.25 bits per heavy atom. The third kappa shape index (κ3) is 2.78. The summed E-state index contributed by atoms with van der Waals surface area (Å²) < 4.78 is 0. The average Bonchev–Trinajstić information content (AvgIpc) is 2.06. The van der Waals surface area contributed by atoms with Crippen LogP contribution in [0, 0.1) is 17.8 Å². The molecule has 1 N–H and O–H groups in total. The Kier molecular flexibility index (Phi) is 4.07. The van der Waals surface area contributed by atoms with Gasteiger partial charge in [0.05, 0.1) is 0 Å². The molecule has 0 aromatic heterocycles. The van der Waals surface area contributed by atoms with Crippen LogP contribution in [0.5, 0.6) is 0 Å². The molecule has 0 aromatic carbocycles. The quantitative estimate of drug-likeness (QED) is 0.690. The molecule has 0 aromatic rings. The predicted octanol–water partition coefficient (Wildman–Crippen LogP) is 2.83. The van der Waals surface area contributed by atoms with Crippen molar-refractivity contribution in [1.29, 1.82) is 0 Å². The average molecular weight is 170 g/mol. The summed E-state index contributed by atoms with van der Waals surface area (Å²) >= 11 is 0. The molecule has 0 radical (unpaired) electrons. The lowest BCUT2D eigenvalue weighted by molar-refractivity contribution is 0.181. The Balaban J connectivity index is 2.24. The van der Waals surface area contributed by atoms with Gasteiger partial charge in [-0.1, -0.05) is 26.7 Å². The molecular weight excluding hydrogens is 148 g/mol. The van der Waals surface area contributed by atoms with Crippen LogP contribution < -0.4 is 0 Å². The van der Waals surface area contributed by atoms with Crippen molar-refractivity contribution in [2.75, 3.05) is 6.61 Å². The van der Waals surface area contributed by atoms with E-state index >= 15 is 0 Å². The summed E-state index contributed by atoms with van der Waals surface area (Å²) in [7, 11) is 0. The van der Waals surface area contributed by atoms with E-state index in [1.54, 1.807) is 0 Å². The third-order valence-electron chi connectivity index (χ3n) is 3.45. The van der Waals surface area contributed by atoms with Gasteiger partial charge in [-0.05, 0) is 37.0 Å². The summed E-state index contributed by atoms with van der Waals surface area (Å²) in [6.07, 6.45) is 6.59. The summed E-state index contributed by atoms with van der Waals surface area (Å²) in [4.78, 5) is 0. The van der Waals surface area contributed by atoms with Gasteiger partial charge in [-0.2, -0.15) is 0 Å². The maximum atomic E-state index is 8.82. The Morgan fingerprint density at radius 3 is 2.33 bits per heavy atom. The molecule has 0 bridgehead atoms. The second-order valence-electron chi connectivity index (χ2n) is 4.51. The summed E-state index contributed by atoms with van der Waals surface area (Å²) in [5.41, 5.74) is 0. The van der Waals surface area contributed by atoms with Gasteiger partial charge in [-0.25, -0.2) is 0 Å². The van der Waals surface area contributed by atoms with E-state index in [0.29, 0.717) is 6.61 Å². The molecule has 1 unspecified atom stereocenters. The zero-order chi connectivity index (χ0) is 8.97. The van der Waals surface area contributed by atoms with Crippen LogP contribution in [-0.2, 0) is 0 Å². The normalized spacial score (nSPS) is 33.2. The van der Waals surface area contributed by atoms with Crippen molar-refractivity contribution in [1.82, 2.24) is 0 Å². The first-order chi connectivity index (χ1) is 5.74. The lowest BCUT2D eigenvalue weighted by Gasteiger charge is -2.30. The predicted molar refractivity (Wildman–Crippen MR) is 52.0 cm³/mol. The highest BCUT2D eigenvalue weighted by Gasteiger charge is 2.22. The Hall–Kier alpha value is -0.0400. The van der Waals surface area contributed by atoms with Crippen molar-refractivity contribution in [2.45, 2.75) is 46.0 Å². The topological polar surface area (TPSA) is 20.2 Å². The Morgan fingerprint density at radius 2 is 1.83 bits per heavy atom. The van der Waals surface area contributed by atoms with Gasteiger partial charge >= 0.3 is 0 Å². The molecule has 12 heavy (non-hydrogen) atoms. The van der Waals surface area contributed by atoms with Gasteiger partial charge in [-0.3, -0.25) is 0 Å². The first kappa shape index (κ1) is 10.0. The molecule has 0 amide bonds. The molecular formula is C11H22O. The number of aliphatic hydroxyl groups excluding tert-OH is 1. The minimum atomic E-state index is 0.368. The van der Waals surface area contributed by atoms with Crippen molar-refractivity contribution in [3.05, 3.63) is 0 Å². The minimum absolute atomic E-state index is 0.368. The van der Waals surface area contributed by atoms with Crippen LogP contribution in [0.1, 0.15) is 46.0 Å². The van der Waals surface area contributed by atoms with Crippen molar-refractivity contribution in [2.24, 2.45) is 17.8 Å². The van der Waals surface area contributed by atoms with Gasteiger partial charge in [0, 0.05) is 6.61 Å². The Labute approximate surface area is 76.2 Å². The maximum Gasteiger partial charge on any atom is 0.0433 e. The van der Waals surface area contributed by atoms with E-state index in [4.69, 9.17) is 5.11 Å². The molecule has 1 fully saturated rings. The van der Waals surface area contributed by atoms with Crippen LogP contribution in [0.15, 0.2) is 0 Å². The Bertz CT molecular complexity index is 114. The fourth-order valence-corrected chi connectivity index (χ4v) is 2.29. The second kappa shape index (κ2) is 4.86. The smallest absolute Gasteiger partial charge is 0.0433 e. The van der Waals surface area contributed by atoms with E-state index in [0.717, 1.165) is 24.2 Å². The fraction of sp³-hybridized carbons (Fsp3) is 1.00. The van der Waals surface area contributed by atoms with Gasteiger partial charge in [0.25, 0.3) is 0 Å². The molecule has 1 nitrogen and oxygen atoms in total. The van der Waals surface area contributed by atoms with Gasteiger partial charge < -0.3 is 5.11 Å². The fourth-order valence-electron chi connectivity index (χ4n) is 2.29.